The Bertz CT molecular complexity index is 1440. The Balaban J connectivity index is 1.77. The monoisotopic (exact) mass is 482 g/mol. The Morgan fingerprint density at radius 2 is 1.66 bits per heavy atom. The number of alkyl halides is 3. The summed E-state index contributed by atoms with van der Waals surface area (Å²) >= 11 is 0. The van der Waals surface area contributed by atoms with E-state index >= 15 is 0 Å². The van der Waals surface area contributed by atoms with Gasteiger partial charge in [0.15, 0.2) is 11.5 Å². The van der Waals surface area contributed by atoms with Crippen molar-refractivity contribution in [2.24, 2.45) is 0 Å². The molecule has 4 rings (SSSR count). The van der Waals surface area contributed by atoms with Crippen molar-refractivity contribution in [1.82, 2.24) is 0 Å². The fraction of sp³-hybridized carbons (Fsp3) is 0.148. The minimum atomic E-state index is -4.92. The zero-order chi connectivity index (χ0) is 25.2. The molecule has 3 aromatic carbocycles. The number of fused-ring (bicyclic) bond motifs is 1. The van der Waals surface area contributed by atoms with Crippen LogP contribution in [0, 0.1) is 0 Å². The summed E-state index contributed by atoms with van der Waals surface area (Å²) in [6, 6.07) is 15.7. The summed E-state index contributed by atoms with van der Waals surface area (Å²) in [5.74, 6) is -0.641. The van der Waals surface area contributed by atoms with Gasteiger partial charge in [-0.25, -0.2) is 0 Å². The highest BCUT2D eigenvalue weighted by molar-refractivity contribution is 5.84. The van der Waals surface area contributed by atoms with Crippen molar-refractivity contribution < 1.29 is 31.8 Å². The molecule has 180 valence electrons. The lowest BCUT2D eigenvalue weighted by Gasteiger charge is -2.15. The number of benzene rings is 3. The topological polar surface area (TPSA) is 57.9 Å². The molecule has 1 aromatic heterocycles. The van der Waals surface area contributed by atoms with Crippen molar-refractivity contribution in [3.8, 4) is 28.4 Å². The SMILES string of the molecule is C=Cc1ccc(COc2ccc3c(=O)c(-c4ccc(OC)c(OC)c4)c(C(F)(F)F)oc3c2)cc1. The zero-order valence-corrected chi connectivity index (χ0v) is 18.9. The maximum Gasteiger partial charge on any atom is 0.450 e. The van der Waals surface area contributed by atoms with Crippen LogP contribution in [0.15, 0.2) is 76.5 Å². The minimum absolute atomic E-state index is 0.00563. The number of hydrogen-bond donors (Lipinski definition) is 0. The van der Waals surface area contributed by atoms with E-state index in [1.165, 1.54) is 50.6 Å². The van der Waals surface area contributed by atoms with Gasteiger partial charge in [0.05, 0.1) is 25.2 Å². The average Bonchev–Trinajstić information content (AvgIpc) is 2.86. The number of rotatable bonds is 7. The summed E-state index contributed by atoms with van der Waals surface area (Å²) in [5, 5.41) is -0.00882. The van der Waals surface area contributed by atoms with Crippen LogP contribution in [0.25, 0.3) is 28.2 Å². The van der Waals surface area contributed by atoms with Gasteiger partial charge in [0.2, 0.25) is 11.2 Å². The van der Waals surface area contributed by atoms with E-state index in [-0.39, 0.29) is 34.6 Å². The average molecular weight is 482 g/mol. The van der Waals surface area contributed by atoms with Gasteiger partial charge < -0.3 is 18.6 Å². The molecule has 0 radical (unpaired) electrons. The van der Waals surface area contributed by atoms with Crippen LogP contribution >= 0.6 is 0 Å². The molecule has 0 aliphatic carbocycles. The molecule has 1 heterocycles. The van der Waals surface area contributed by atoms with E-state index in [4.69, 9.17) is 18.6 Å². The van der Waals surface area contributed by atoms with Gasteiger partial charge in [-0.1, -0.05) is 43.0 Å². The predicted molar refractivity (Wildman–Crippen MR) is 127 cm³/mol. The fourth-order valence-corrected chi connectivity index (χ4v) is 3.63. The van der Waals surface area contributed by atoms with Crippen molar-refractivity contribution in [3.05, 3.63) is 94.4 Å². The second-order valence-electron chi connectivity index (χ2n) is 7.60. The summed E-state index contributed by atoms with van der Waals surface area (Å²) in [4.78, 5) is 13.2. The molecule has 0 N–H and O–H groups in total. The normalized spacial score (nSPS) is 11.3. The lowest BCUT2D eigenvalue weighted by molar-refractivity contribution is -0.152. The highest BCUT2D eigenvalue weighted by atomic mass is 19.4. The van der Waals surface area contributed by atoms with E-state index in [0.29, 0.717) is 5.75 Å². The van der Waals surface area contributed by atoms with Crippen LogP contribution in [0.5, 0.6) is 17.2 Å². The Hall–Kier alpha value is -4.20. The second kappa shape index (κ2) is 9.58. The van der Waals surface area contributed by atoms with Gasteiger partial charge in [0.1, 0.15) is 17.9 Å². The molecule has 8 heteroatoms. The van der Waals surface area contributed by atoms with Gasteiger partial charge in [-0.3, -0.25) is 4.79 Å². The Morgan fingerprint density at radius 3 is 2.29 bits per heavy atom. The summed E-state index contributed by atoms with van der Waals surface area (Å²) in [7, 11) is 2.75. The van der Waals surface area contributed by atoms with Gasteiger partial charge in [-0.2, -0.15) is 13.2 Å². The Labute approximate surface area is 199 Å². The van der Waals surface area contributed by atoms with Gasteiger partial charge in [-0.05, 0) is 41.0 Å². The van der Waals surface area contributed by atoms with Gasteiger partial charge in [0, 0.05) is 6.07 Å². The van der Waals surface area contributed by atoms with E-state index in [0.717, 1.165) is 11.1 Å². The predicted octanol–water partition coefficient (Wildman–Crippen LogP) is 6.72. The summed E-state index contributed by atoms with van der Waals surface area (Å²) in [6.07, 6.45) is -3.20. The molecule has 0 amide bonds. The van der Waals surface area contributed by atoms with Crippen molar-refractivity contribution in [2.75, 3.05) is 14.2 Å². The number of halogens is 3. The summed E-state index contributed by atoms with van der Waals surface area (Å²) in [5.41, 5.74) is 0.141. The maximum atomic E-state index is 14.0. The largest absolute Gasteiger partial charge is 0.493 e. The van der Waals surface area contributed by atoms with Crippen molar-refractivity contribution >= 4 is 17.0 Å². The quantitative estimate of drug-likeness (QED) is 0.293. The third-order valence-electron chi connectivity index (χ3n) is 5.41. The molecule has 0 spiro atoms. The molecular weight excluding hydrogens is 461 g/mol. The first-order valence-electron chi connectivity index (χ1n) is 10.5. The maximum absolute atomic E-state index is 14.0. The molecule has 0 aliphatic rings. The zero-order valence-electron chi connectivity index (χ0n) is 18.9. The van der Waals surface area contributed by atoms with Crippen molar-refractivity contribution in [1.29, 1.82) is 0 Å². The molecule has 5 nitrogen and oxygen atoms in total. The van der Waals surface area contributed by atoms with Gasteiger partial charge in [0.25, 0.3) is 0 Å². The first-order chi connectivity index (χ1) is 16.7. The summed E-state index contributed by atoms with van der Waals surface area (Å²) < 4.78 is 63.2. The van der Waals surface area contributed by atoms with Crippen LogP contribution in [-0.4, -0.2) is 14.2 Å². The van der Waals surface area contributed by atoms with Gasteiger partial charge in [-0.15, -0.1) is 0 Å². The van der Waals surface area contributed by atoms with Crippen LogP contribution in [0.1, 0.15) is 16.9 Å². The standard InChI is InChI=1S/C27H21F3O5/c1-4-16-5-7-17(8-6-16)15-34-19-10-11-20-22(14-19)35-26(27(28,29)30)24(25(20)31)18-9-12-21(32-2)23(13-18)33-3/h4-14H,1,15H2,2-3H3. The fourth-order valence-electron chi connectivity index (χ4n) is 3.63. The van der Waals surface area contributed by atoms with Crippen LogP contribution in [0.4, 0.5) is 13.2 Å². The molecule has 0 saturated carbocycles. The van der Waals surface area contributed by atoms with Crippen LogP contribution in [0.2, 0.25) is 0 Å². The van der Waals surface area contributed by atoms with Crippen molar-refractivity contribution in [2.45, 2.75) is 12.8 Å². The molecule has 4 aromatic rings. The number of methoxy groups -OCH3 is 2. The van der Waals surface area contributed by atoms with Crippen molar-refractivity contribution in [3.63, 3.8) is 0 Å². The minimum Gasteiger partial charge on any atom is -0.493 e. The van der Waals surface area contributed by atoms with Crippen LogP contribution < -0.4 is 19.6 Å². The first kappa shape index (κ1) is 23.9. The second-order valence-corrected chi connectivity index (χ2v) is 7.60. The molecule has 0 fully saturated rings. The smallest absolute Gasteiger partial charge is 0.450 e. The highest BCUT2D eigenvalue weighted by Gasteiger charge is 2.39. The molecule has 0 atom stereocenters. The highest BCUT2D eigenvalue weighted by Crippen LogP contribution is 2.40. The lowest BCUT2D eigenvalue weighted by atomic mass is 10.0. The molecule has 35 heavy (non-hydrogen) atoms. The van der Waals surface area contributed by atoms with E-state index in [9.17, 15) is 18.0 Å². The van der Waals surface area contributed by atoms with Crippen LogP contribution in [0.3, 0.4) is 0 Å². The van der Waals surface area contributed by atoms with Crippen LogP contribution in [-0.2, 0) is 12.8 Å². The lowest BCUT2D eigenvalue weighted by Crippen LogP contribution is -2.16. The Kier molecular flexibility index (Phi) is 6.55. The molecule has 0 saturated heterocycles. The van der Waals surface area contributed by atoms with E-state index in [1.54, 1.807) is 6.08 Å². The van der Waals surface area contributed by atoms with E-state index in [2.05, 4.69) is 6.58 Å². The number of ether oxygens (including phenoxy) is 3. The summed E-state index contributed by atoms with van der Waals surface area (Å²) in [6.45, 7) is 3.88. The van der Waals surface area contributed by atoms with E-state index < -0.39 is 22.9 Å². The molecule has 0 bridgehead atoms. The molecular formula is C27H21F3O5. The Morgan fingerprint density at radius 1 is 0.943 bits per heavy atom. The van der Waals surface area contributed by atoms with E-state index in [1.807, 2.05) is 24.3 Å². The molecule has 0 aliphatic heterocycles. The van der Waals surface area contributed by atoms with Gasteiger partial charge >= 0.3 is 6.18 Å². The third-order valence-corrected chi connectivity index (χ3v) is 5.41. The first-order valence-corrected chi connectivity index (χ1v) is 10.5. The molecule has 0 unspecified atom stereocenters. The third kappa shape index (κ3) is 4.87. The number of hydrogen-bond acceptors (Lipinski definition) is 5.